The molecule has 5 nitrogen and oxygen atoms in total. The van der Waals surface area contributed by atoms with Gasteiger partial charge in [-0.1, -0.05) is 5.16 Å². The fourth-order valence-electron chi connectivity index (χ4n) is 2.13. The Kier molecular flexibility index (Phi) is 6.18. The molecule has 94 valence electrons. The van der Waals surface area contributed by atoms with Gasteiger partial charge in [-0.25, -0.2) is 0 Å². The highest BCUT2D eigenvalue weighted by atomic mass is 16.5. The van der Waals surface area contributed by atoms with Crippen molar-refractivity contribution in [3.05, 3.63) is 0 Å². The van der Waals surface area contributed by atoms with Gasteiger partial charge in [-0.3, -0.25) is 0 Å². The molecule has 1 rings (SSSR count). The summed E-state index contributed by atoms with van der Waals surface area (Å²) in [6.45, 7) is 1.000. The first-order chi connectivity index (χ1) is 7.76. The van der Waals surface area contributed by atoms with Gasteiger partial charge in [0.15, 0.2) is 0 Å². The molecule has 1 saturated carbocycles. The van der Waals surface area contributed by atoms with Crippen LogP contribution in [-0.2, 0) is 4.74 Å². The second kappa shape index (κ2) is 7.46. The molecule has 16 heavy (non-hydrogen) atoms. The van der Waals surface area contributed by atoms with Gasteiger partial charge in [0.2, 0.25) is 0 Å². The third-order valence-corrected chi connectivity index (χ3v) is 3.14. The van der Waals surface area contributed by atoms with Crippen LogP contribution in [0.1, 0.15) is 38.5 Å². The minimum absolute atomic E-state index is 0.320. The molecule has 5 heteroatoms. The van der Waals surface area contributed by atoms with Gasteiger partial charge >= 0.3 is 0 Å². The maximum atomic E-state index is 8.35. The Bertz CT molecular complexity index is 221. The molecule has 0 aliphatic heterocycles. The number of amidine groups is 1. The SMILES string of the molecule is COC1CCC(NCCCCC(N)=NO)C1. The maximum absolute atomic E-state index is 8.35. The Morgan fingerprint density at radius 3 is 2.94 bits per heavy atom. The summed E-state index contributed by atoms with van der Waals surface area (Å²) in [5, 5.41) is 14.8. The molecule has 0 saturated heterocycles. The molecule has 0 aromatic heterocycles. The van der Waals surface area contributed by atoms with Crippen LogP contribution in [0.4, 0.5) is 0 Å². The zero-order valence-electron chi connectivity index (χ0n) is 9.98. The number of methoxy groups -OCH3 is 1. The molecule has 2 atom stereocenters. The smallest absolute Gasteiger partial charge is 0.139 e. The molecular formula is C11H23N3O2. The topological polar surface area (TPSA) is 79.9 Å². The Morgan fingerprint density at radius 2 is 2.31 bits per heavy atom. The Hall–Kier alpha value is -0.810. The summed E-state index contributed by atoms with van der Waals surface area (Å²) in [5.41, 5.74) is 5.38. The molecule has 0 amide bonds. The highest BCUT2D eigenvalue weighted by Gasteiger charge is 2.23. The van der Waals surface area contributed by atoms with Crippen LogP contribution >= 0.6 is 0 Å². The summed E-state index contributed by atoms with van der Waals surface area (Å²) in [6, 6.07) is 0.605. The Labute approximate surface area is 97.0 Å². The quantitative estimate of drug-likeness (QED) is 0.200. The normalized spacial score (nSPS) is 26.2. The predicted molar refractivity (Wildman–Crippen MR) is 63.7 cm³/mol. The number of nitrogens with two attached hydrogens (primary N) is 1. The van der Waals surface area contributed by atoms with Crippen LogP contribution < -0.4 is 11.1 Å². The van der Waals surface area contributed by atoms with Gasteiger partial charge in [-0.2, -0.15) is 0 Å². The standard InChI is InChI=1S/C11H23N3O2/c1-16-10-6-5-9(8-10)13-7-3-2-4-11(12)14-15/h9-10,13,15H,2-8H2,1H3,(H2,12,14). The van der Waals surface area contributed by atoms with Crippen LogP contribution in [0.3, 0.4) is 0 Å². The first kappa shape index (κ1) is 13.3. The molecule has 1 fully saturated rings. The van der Waals surface area contributed by atoms with Gasteiger partial charge in [0, 0.05) is 19.6 Å². The van der Waals surface area contributed by atoms with E-state index in [2.05, 4.69) is 10.5 Å². The van der Waals surface area contributed by atoms with E-state index in [1.165, 1.54) is 6.42 Å². The van der Waals surface area contributed by atoms with E-state index in [9.17, 15) is 0 Å². The van der Waals surface area contributed by atoms with Crippen LogP contribution in [0.25, 0.3) is 0 Å². The lowest BCUT2D eigenvalue weighted by Gasteiger charge is -2.12. The van der Waals surface area contributed by atoms with E-state index >= 15 is 0 Å². The summed E-state index contributed by atoms with van der Waals surface area (Å²) in [6.07, 6.45) is 6.63. The number of nitrogens with one attached hydrogen (secondary N) is 1. The lowest BCUT2D eigenvalue weighted by molar-refractivity contribution is 0.107. The molecule has 1 aliphatic carbocycles. The van der Waals surface area contributed by atoms with Crippen molar-refractivity contribution in [2.45, 2.75) is 50.7 Å². The summed E-state index contributed by atoms with van der Waals surface area (Å²) in [7, 11) is 1.78. The monoisotopic (exact) mass is 229 g/mol. The molecule has 0 spiro atoms. The van der Waals surface area contributed by atoms with Crippen molar-refractivity contribution < 1.29 is 9.94 Å². The van der Waals surface area contributed by atoms with Crippen LogP contribution in [0, 0.1) is 0 Å². The molecule has 0 heterocycles. The summed E-state index contributed by atoms with van der Waals surface area (Å²) in [4.78, 5) is 0. The number of unbranched alkanes of at least 4 members (excludes halogenated alkanes) is 1. The van der Waals surface area contributed by atoms with E-state index in [-0.39, 0.29) is 0 Å². The van der Waals surface area contributed by atoms with Gasteiger partial charge in [-0.15, -0.1) is 0 Å². The lowest BCUT2D eigenvalue weighted by atomic mass is 10.2. The van der Waals surface area contributed by atoms with Crippen LogP contribution in [0.2, 0.25) is 0 Å². The number of rotatable bonds is 7. The van der Waals surface area contributed by atoms with Crippen LogP contribution in [-0.4, -0.2) is 36.8 Å². The highest BCUT2D eigenvalue weighted by molar-refractivity contribution is 5.79. The second-order valence-corrected chi connectivity index (χ2v) is 4.37. The molecule has 0 radical (unpaired) electrons. The highest BCUT2D eigenvalue weighted by Crippen LogP contribution is 2.21. The molecule has 4 N–H and O–H groups in total. The van der Waals surface area contributed by atoms with Crippen molar-refractivity contribution >= 4 is 5.84 Å². The van der Waals surface area contributed by atoms with E-state index in [1.807, 2.05) is 0 Å². The van der Waals surface area contributed by atoms with Gasteiger partial charge < -0.3 is 21.0 Å². The third-order valence-electron chi connectivity index (χ3n) is 3.14. The largest absolute Gasteiger partial charge is 0.409 e. The number of oxime groups is 1. The fraction of sp³-hybridized carbons (Fsp3) is 0.909. The third kappa shape index (κ3) is 4.81. The van der Waals surface area contributed by atoms with Crippen molar-refractivity contribution in [2.24, 2.45) is 10.9 Å². The molecule has 1 aliphatic rings. The molecule has 2 unspecified atom stereocenters. The minimum atomic E-state index is 0.320. The van der Waals surface area contributed by atoms with E-state index in [0.717, 1.165) is 32.2 Å². The van der Waals surface area contributed by atoms with Gasteiger partial charge in [0.05, 0.1) is 6.10 Å². The molecule has 0 bridgehead atoms. The van der Waals surface area contributed by atoms with E-state index in [1.54, 1.807) is 7.11 Å². The average Bonchev–Trinajstić information content (AvgIpc) is 2.76. The van der Waals surface area contributed by atoms with Crippen molar-refractivity contribution in [3.63, 3.8) is 0 Å². The number of ether oxygens (including phenoxy) is 1. The first-order valence-electron chi connectivity index (χ1n) is 5.99. The van der Waals surface area contributed by atoms with Gasteiger partial charge in [0.1, 0.15) is 5.84 Å². The number of hydrogen-bond donors (Lipinski definition) is 3. The fourth-order valence-corrected chi connectivity index (χ4v) is 2.13. The minimum Gasteiger partial charge on any atom is -0.409 e. The molecule has 0 aromatic carbocycles. The van der Waals surface area contributed by atoms with Gasteiger partial charge in [0.25, 0.3) is 0 Å². The molecule has 0 aromatic rings. The Balaban J connectivity index is 1.96. The number of nitrogens with zero attached hydrogens (tertiary/aromatic N) is 1. The van der Waals surface area contributed by atoms with Crippen molar-refractivity contribution in [2.75, 3.05) is 13.7 Å². The average molecular weight is 229 g/mol. The van der Waals surface area contributed by atoms with E-state index < -0.39 is 0 Å². The van der Waals surface area contributed by atoms with Crippen molar-refractivity contribution in [1.82, 2.24) is 5.32 Å². The second-order valence-electron chi connectivity index (χ2n) is 4.37. The first-order valence-corrected chi connectivity index (χ1v) is 5.99. The van der Waals surface area contributed by atoms with E-state index in [0.29, 0.717) is 24.4 Å². The maximum Gasteiger partial charge on any atom is 0.139 e. The Morgan fingerprint density at radius 1 is 1.50 bits per heavy atom. The van der Waals surface area contributed by atoms with E-state index in [4.69, 9.17) is 15.7 Å². The summed E-state index contributed by atoms with van der Waals surface area (Å²) >= 11 is 0. The zero-order chi connectivity index (χ0) is 11.8. The summed E-state index contributed by atoms with van der Waals surface area (Å²) in [5.74, 6) is 0.320. The predicted octanol–water partition coefficient (Wildman–Crippen LogP) is 1.06. The van der Waals surface area contributed by atoms with Crippen LogP contribution in [0.15, 0.2) is 5.16 Å². The van der Waals surface area contributed by atoms with Gasteiger partial charge in [-0.05, 0) is 38.6 Å². The molecular weight excluding hydrogens is 206 g/mol. The zero-order valence-corrected chi connectivity index (χ0v) is 9.98. The van der Waals surface area contributed by atoms with Crippen LogP contribution in [0.5, 0.6) is 0 Å². The van der Waals surface area contributed by atoms with Crippen molar-refractivity contribution in [3.8, 4) is 0 Å². The summed E-state index contributed by atoms with van der Waals surface area (Å²) < 4.78 is 5.31. The number of hydrogen-bond acceptors (Lipinski definition) is 4. The lowest BCUT2D eigenvalue weighted by Crippen LogP contribution is -2.28. The van der Waals surface area contributed by atoms with Crippen molar-refractivity contribution in [1.29, 1.82) is 0 Å².